The van der Waals surface area contributed by atoms with Crippen molar-refractivity contribution in [1.29, 1.82) is 0 Å². The molecule has 2 fully saturated rings. The molecule has 37 heavy (non-hydrogen) atoms. The Kier molecular flexibility index (Phi) is 5.50. The van der Waals surface area contributed by atoms with Crippen LogP contribution in [0.1, 0.15) is 44.6 Å². The molecule has 8 heteroatoms. The molecule has 5 nitrogen and oxygen atoms in total. The molecule has 1 aromatic heterocycles. The molecule has 0 aromatic carbocycles. The molecule has 5 aliphatic rings. The molecule has 3 aliphatic carbocycles. The highest BCUT2D eigenvalue weighted by atomic mass is 19.4. The molecule has 7 atom stereocenters. The Bertz CT molecular complexity index is 1240. The van der Waals surface area contributed by atoms with Crippen molar-refractivity contribution in [2.24, 2.45) is 11.3 Å². The number of aliphatic hydroxyl groups excluding tert-OH is 2. The van der Waals surface area contributed by atoms with Crippen LogP contribution in [0.3, 0.4) is 0 Å². The van der Waals surface area contributed by atoms with Crippen LogP contribution in [0.25, 0.3) is 6.08 Å². The Balaban J connectivity index is 1.47. The van der Waals surface area contributed by atoms with Crippen LogP contribution in [0, 0.1) is 11.3 Å². The van der Waals surface area contributed by atoms with E-state index in [1.54, 1.807) is 18.5 Å². The van der Waals surface area contributed by atoms with Crippen molar-refractivity contribution in [2.45, 2.75) is 74.7 Å². The molecule has 7 unspecified atom stereocenters. The maximum Gasteiger partial charge on any atom is 0.413 e. The molecule has 2 spiro atoms. The number of hydrogen-bond acceptors (Lipinski definition) is 5. The van der Waals surface area contributed by atoms with Crippen LogP contribution in [0.2, 0.25) is 0 Å². The maximum absolute atomic E-state index is 14.7. The molecular formula is C29H33F3N2O3. The van der Waals surface area contributed by atoms with Gasteiger partial charge >= 0.3 is 6.18 Å². The Morgan fingerprint density at radius 3 is 2.65 bits per heavy atom. The van der Waals surface area contributed by atoms with Crippen molar-refractivity contribution in [3.63, 3.8) is 0 Å². The van der Waals surface area contributed by atoms with E-state index in [2.05, 4.69) is 11.1 Å². The molecule has 2 aliphatic heterocycles. The summed E-state index contributed by atoms with van der Waals surface area (Å²) in [6.07, 6.45) is 5.87. The lowest BCUT2D eigenvalue weighted by atomic mass is 9.56. The van der Waals surface area contributed by atoms with Crippen molar-refractivity contribution in [3.05, 3.63) is 70.6 Å². The van der Waals surface area contributed by atoms with Gasteiger partial charge in [-0.15, -0.1) is 0 Å². The molecule has 1 aromatic rings. The van der Waals surface area contributed by atoms with Crippen molar-refractivity contribution >= 4 is 6.08 Å². The molecule has 0 amide bonds. The summed E-state index contributed by atoms with van der Waals surface area (Å²) in [5.74, 6) is -0.159. The van der Waals surface area contributed by atoms with E-state index in [9.17, 15) is 23.4 Å². The highest BCUT2D eigenvalue weighted by Gasteiger charge is 2.69. The fourth-order valence-corrected chi connectivity index (χ4v) is 7.88. The van der Waals surface area contributed by atoms with Gasteiger partial charge in [0.05, 0.1) is 17.3 Å². The van der Waals surface area contributed by atoms with E-state index < -0.39 is 40.6 Å². The summed E-state index contributed by atoms with van der Waals surface area (Å²) < 4.78 is 51.0. The third kappa shape index (κ3) is 3.49. The number of pyridine rings is 1. The van der Waals surface area contributed by atoms with Crippen LogP contribution in [-0.2, 0) is 4.74 Å². The number of allylic oxidation sites excluding steroid dienone is 4. The second-order valence-corrected chi connectivity index (χ2v) is 11.8. The summed E-state index contributed by atoms with van der Waals surface area (Å²) in [6.45, 7) is 1.94. The minimum Gasteiger partial charge on any atom is -0.388 e. The van der Waals surface area contributed by atoms with Crippen LogP contribution >= 0.6 is 0 Å². The summed E-state index contributed by atoms with van der Waals surface area (Å²) >= 11 is 0. The smallest absolute Gasteiger partial charge is 0.388 e. The molecule has 0 radical (unpaired) electrons. The van der Waals surface area contributed by atoms with Gasteiger partial charge in [0.15, 0.2) is 0 Å². The number of ether oxygens (including phenoxy) is 1. The first-order valence-corrected chi connectivity index (χ1v) is 13.0. The number of rotatable bonds is 3. The van der Waals surface area contributed by atoms with Crippen LogP contribution < -0.4 is 0 Å². The van der Waals surface area contributed by atoms with E-state index >= 15 is 0 Å². The first kappa shape index (κ1) is 25.0. The molecule has 6 rings (SSSR count). The van der Waals surface area contributed by atoms with Crippen LogP contribution in [0.5, 0.6) is 0 Å². The summed E-state index contributed by atoms with van der Waals surface area (Å²) in [5.41, 5.74) is -0.948. The van der Waals surface area contributed by atoms with E-state index in [1.165, 1.54) is 0 Å². The zero-order valence-electron chi connectivity index (χ0n) is 21.3. The normalized spacial score (nSPS) is 41.0. The molecular weight excluding hydrogens is 481 g/mol. The minimum absolute atomic E-state index is 0.152. The number of aliphatic hydroxyl groups is 2. The van der Waals surface area contributed by atoms with Gasteiger partial charge in [-0.05, 0) is 74.5 Å². The zero-order valence-corrected chi connectivity index (χ0v) is 21.3. The van der Waals surface area contributed by atoms with Crippen molar-refractivity contribution in [1.82, 2.24) is 9.88 Å². The van der Waals surface area contributed by atoms with Crippen LogP contribution in [0.4, 0.5) is 13.2 Å². The van der Waals surface area contributed by atoms with Gasteiger partial charge in [0, 0.05) is 35.3 Å². The maximum atomic E-state index is 14.7. The highest BCUT2D eigenvalue weighted by Crippen LogP contribution is 2.69. The second-order valence-electron chi connectivity index (χ2n) is 11.8. The minimum atomic E-state index is -4.54. The van der Waals surface area contributed by atoms with Gasteiger partial charge in [0.25, 0.3) is 0 Å². The Hall–Kier alpha value is -2.26. The number of halogens is 3. The summed E-state index contributed by atoms with van der Waals surface area (Å²) in [5, 5.41) is 21.9. The fraction of sp³-hybridized carbons (Fsp3) is 0.552. The highest BCUT2D eigenvalue weighted by molar-refractivity contribution is 5.58. The zero-order chi connectivity index (χ0) is 26.4. The lowest BCUT2D eigenvalue weighted by Crippen LogP contribution is -2.62. The number of hydrogen-bond donors (Lipinski definition) is 2. The van der Waals surface area contributed by atoms with Crippen molar-refractivity contribution < 1.29 is 28.1 Å². The average Bonchev–Trinajstić information content (AvgIpc) is 3.34. The molecule has 2 N–H and O–H groups in total. The van der Waals surface area contributed by atoms with Crippen LogP contribution in [0.15, 0.2) is 65.0 Å². The molecule has 198 valence electrons. The van der Waals surface area contributed by atoms with Gasteiger partial charge in [-0.1, -0.05) is 37.3 Å². The first-order valence-electron chi connectivity index (χ1n) is 13.0. The second kappa shape index (κ2) is 8.12. The van der Waals surface area contributed by atoms with Gasteiger partial charge < -0.3 is 19.8 Å². The number of alkyl halides is 3. The predicted octanol–water partition coefficient (Wildman–Crippen LogP) is 4.59. The summed E-state index contributed by atoms with van der Waals surface area (Å²) in [7, 11) is 3.68. The van der Waals surface area contributed by atoms with E-state index in [0.717, 1.165) is 11.1 Å². The first-order chi connectivity index (χ1) is 17.4. The van der Waals surface area contributed by atoms with Gasteiger partial charge in [0.1, 0.15) is 6.10 Å². The van der Waals surface area contributed by atoms with Crippen LogP contribution in [-0.4, -0.2) is 69.8 Å². The topological polar surface area (TPSA) is 65.8 Å². The third-order valence-corrected chi connectivity index (χ3v) is 9.71. The molecule has 1 saturated heterocycles. The monoisotopic (exact) mass is 514 g/mol. The fourth-order valence-electron chi connectivity index (χ4n) is 7.88. The third-order valence-electron chi connectivity index (χ3n) is 9.71. The van der Waals surface area contributed by atoms with Gasteiger partial charge in [0.2, 0.25) is 0 Å². The lowest BCUT2D eigenvalue weighted by molar-refractivity contribution is -0.171. The van der Waals surface area contributed by atoms with Gasteiger partial charge in [-0.25, -0.2) is 0 Å². The lowest BCUT2D eigenvalue weighted by Gasteiger charge is -2.56. The Labute approximate surface area is 215 Å². The number of fused-ring (bicyclic) bond motifs is 1. The SMILES string of the molecule is CN(C)C1CC23CCC4(O2)C(=C(C(F)(F)F)CC2(C)C(C=Cc5cccnc5)=CCC24)C=C3C(O)C1O. The quantitative estimate of drug-likeness (QED) is 0.618. The number of likely N-dealkylation sites (N-methyl/N-ethyl adjacent to an activating group) is 1. The molecule has 1 saturated carbocycles. The van der Waals surface area contributed by atoms with Crippen molar-refractivity contribution in [2.75, 3.05) is 14.1 Å². The predicted molar refractivity (Wildman–Crippen MR) is 133 cm³/mol. The Morgan fingerprint density at radius 2 is 1.97 bits per heavy atom. The van der Waals surface area contributed by atoms with E-state index in [4.69, 9.17) is 4.74 Å². The molecule has 3 heterocycles. The number of aromatic nitrogens is 1. The molecule has 2 bridgehead atoms. The van der Waals surface area contributed by atoms with Gasteiger partial charge in [-0.3, -0.25) is 4.98 Å². The summed E-state index contributed by atoms with van der Waals surface area (Å²) in [6, 6.07) is 3.39. The van der Waals surface area contributed by atoms with E-state index in [-0.39, 0.29) is 24.0 Å². The van der Waals surface area contributed by atoms with Gasteiger partial charge in [-0.2, -0.15) is 13.2 Å². The summed E-state index contributed by atoms with van der Waals surface area (Å²) in [4.78, 5) is 5.99. The van der Waals surface area contributed by atoms with Crippen molar-refractivity contribution in [3.8, 4) is 0 Å². The largest absolute Gasteiger partial charge is 0.413 e. The van der Waals surface area contributed by atoms with E-state index in [0.29, 0.717) is 31.3 Å². The Morgan fingerprint density at radius 1 is 1.19 bits per heavy atom. The number of nitrogens with zero attached hydrogens (tertiary/aromatic N) is 2. The van der Waals surface area contributed by atoms with E-state index in [1.807, 2.05) is 50.2 Å². The average molecular weight is 515 g/mol. The standard InChI is InChI=1S/C29H33F3N2O3/c1-26-14-21(29(30,31)32)19-13-20-24(35)25(36)22(34(2)3)15-27(20)10-11-28(19,37-27)23(26)9-8-18(26)7-6-17-5-4-12-33-16-17/h4-8,12-13,16,22-25,35-36H,9-11,14-15H2,1-3H3.